The fourth-order valence-electron chi connectivity index (χ4n) is 3.27. The number of nitrogens with two attached hydrogens (primary N) is 1. The first-order valence-electron chi connectivity index (χ1n) is 6.71. The molecular formula is C14H17N3O2. The Morgan fingerprint density at radius 3 is 2.47 bits per heavy atom. The molecule has 2 fully saturated rings. The van der Waals surface area contributed by atoms with E-state index in [0.717, 1.165) is 19.3 Å². The average Bonchev–Trinajstić information content (AvgIpc) is 2.92. The summed E-state index contributed by atoms with van der Waals surface area (Å²) in [6, 6.07) is 3.35. The Labute approximate surface area is 111 Å². The number of aromatic nitrogens is 1. The van der Waals surface area contributed by atoms with Crippen molar-refractivity contribution in [3.05, 3.63) is 18.3 Å². The van der Waals surface area contributed by atoms with Gasteiger partial charge in [0.15, 0.2) is 5.82 Å². The highest BCUT2D eigenvalue weighted by molar-refractivity contribution is 6.22. The van der Waals surface area contributed by atoms with E-state index in [1.54, 1.807) is 18.3 Å². The van der Waals surface area contributed by atoms with Gasteiger partial charge in [0.05, 0.1) is 17.5 Å². The highest BCUT2D eigenvalue weighted by Crippen LogP contribution is 2.45. The number of carbonyl (C=O) groups excluding carboxylic acids is 2. The Bertz CT molecular complexity index is 519. The second-order valence-electron chi connectivity index (χ2n) is 5.39. The van der Waals surface area contributed by atoms with Crippen LogP contribution >= 0.6 is 0 Å². The van der Waals surface area contributed by atoms with E-state index in [1.807, 2.05) is 0 Å². The SMILES string of the molecule is CCC1CC2C(=O)N(c3ncccc3N)C(=O)C2C1. The van der Waals surface area contributed by atoms with Gasteiger partial charge in [-0.25, -0.2) is 9.88 Å². The molecule has 2 aliphatic rings. The Kier molecular flexibility index (Phi) is 2.77. The number of amides is 2. The lowest BCUT2D eigenvalue weighted by Crippen LogP contribution is -2.33. The Hall–Kier alpha value is -1.91. The van der Waals surface area contributed by atoms with Crippen molar-refractivity contribution >= 4 is 23.3 Å². The number of imide groups is 1. The first-order valence-corrected chi connectivity index (χ1v) is 6.71. The van der Waals surface area contributed by atoms with Gasteiger partial charge < -0.3 is 5.73 Å². The number of hydrogen-bond donors (Lipinski definition) is 1. The zero-order valence-electron chi connectivity index (χ0n) is 10.9. The largest absolute Gasteiger partial charge is 0.396 e. The number of rotatable bonds is 2. The van der Waals surface area contributed by atoms with Gasteiger partial charge in [0.25, 0.3) is 0 Å². The van der Waals surface area contributed by atoms with E-state index in [-0.39, 0.29) is 23.7 Å². The molecule has 3 rings (SSSR count). The summed E-state index contributed by atoms with van der Waals surface area (Å²) in [7, 11) is 0. The maximum atomic E-state index is 12.4. The number of anilines is 2. The van der Waals surface area contributed by atoms with Crippen LogP contribution < -0.4 is 10.6 Å². The van der Waals surface area contributed by atoms with Gasteiger partial charge in [0, 0.05) is 6.20 Å². The second-order valence-corrected chi connectivity index (χ2v) is 5.39. The average molecular weight is 259 g/mol. The third kappa shape index (κ3) is 1.72. The van der Waals surface area contributed by atoms with E-state index in [1.165, 1.54) is 4.90 Å². The minimum atomic E-state index is -0.168. The molecule has 5 heteroatoms. The van der Waals surface area contributed by atoms with Crippen LogP contribution in [0, 0.1) is 17.8 Å². The molecule has 1 aromatic rings. The lowest BCUT2D eigenvalue weighted by Gasteiger charge is -2.17. The normalized spacial score (nSPS) is 29.9. The van der Waals surface area contributed by atoms with Crippen LogP contribution in [0.5, 0.6) is 0 Å². The molecule has 0 bridgehead atoms. The molecule has 0 aromatic carbocycles. The molecular weight excluding hydrogens is 242 g/mol. The Morgan fingerprint density at radius 1 is 1.32 bits per heavy atom. The van der Waals surface area contributed by atoms with Crippen molar-refractivity contribution in [1.82, 2.24) is 4.98 Å². The molecule has 1 aliphatic carbocycles. The first kappa shape index (κ1) is 12.1. The van der Waals surface area contributed by atoms with Gasteiger partial charge in [-0.2, -0.15) is 0 Å². The van der Waals surface area contributed by atoms with Crippen LogP contribution in [0.4, 0.5) is 11.5 Å². The van der Waals surface area contributed by atoms with Crippen molar-refractivity contribution in [3.63, 3.8) is 0 Å². The summed E-state index contributed by atoms with van der Waals surface area (Å²) < 4.78 is 0. The molecule has 1 aliphatic heterocycles. The van der Waals surface area contributed by atoms with E-state index in [2.05, 4.69) is 11.9 Å². The summed E-state index contributed by atoms with van der Waals surface area (Å²) in [5.74, 6) is 0.191. The summed E-state index contributed by atoms with van der Waals surface area (Å²) in [5.41, 5.74) is 6.19. The zero-order valence-corrected chi connectivity index (χ0v) is 10.9. The van der Waals surface area contributed by atoms with Crippen molar-refractivity contribution in [2.24, 2.45) is 17.8 Å². The molecule has 2 heterocycles. The van der Waals surface area contributed by atoms with Crippen molar-refractivity contribution in [2.45, 2.75) is 26.2 Å². The maximum Gasteiger partial charge on any atom is 0.238 e. The zero-order chi connectivity index (χ0) is 13.6. The van der Waals surface area contributed by atoms with Crippen LogP contribution in [-0.4, -0.2) is 16.8 Å². The molecule has 1 aromatic heterocycles. The molecule has 5 nitrogen and oxygen atoms in total. The summed E-state index contributed by atoms with van der Waals surface area (Å²) in [5, 5.41) is 0. The first-order chi connectivity index (χ1) is 9.13. The van der Waals surface area contributed by atoms with Crippen molar-refractivity contribution < 1.29 is 9.59 Å². The Morgan fingerprint density at radius 2 is 1.95 bits per heavy atom. The number of pyridine rings is 1. The molecule has 2 unspecified atom stereocenters. The van der Waals surface area contributed by atoms with Crippen LogP contribution in [0.15, 0.2) is 18.3 Å². The second kappa shape index (κ2) is 4.33. The van der Waals surface area contributed by atoms with Crippen LogP contribution in [-0.2, 0) is 9.59 Å². The lowest BCUT2D eigenvalue weighted by atomic mass is 10.00. The molecule has 2 atom stereocenters. The van der Waals surface area contributed by atoms with E-state index < -0.39 is 0 Å². The fraction of sp³-hybridized carbons (Fsp3) is 0.500. The molecule has 0 radical (unpaired) electrons. The maximum absolute atomic E-state index is 12.4. The smallest absolute Gasteiger partial charge is 0.238 e. The standard InChI is InChI=1S/C14H17N3O2/c1-2-8-6-9-10(7-8)14(19)17(13(9)18)12-11(15)4-3-5-16-12/h3-5,8-10H,2,6-7,15H2,1H3. The van der Waals surface area contributed by atoms with Gasteiger partial charge in [0.1, 0.15) is 0 Å². The van der Waals surface area contributed by atoms with E-state index in [9.17, 15) is 9.59 Å². The molecule has 1 saturated carbocycles. The predicted molar refractivity (Wildman–Crippen MR) is 71.1 cm³/mol. The lowest BCUT2D eigenvalue weighted by molar-refractivity contribution is -0.123. The number of nitrogens with zero attached hydrogens (tertiary/aromatic N) is 2. The van der Waals surface area contributed by atoms with Crippen LogP contribution in [0.25, 0.3) is 0 Å². The van der Waals surface area contributed by atoms with Gasteiger partial charge in [-0.1, -0.05) is 13.3 Å². The van der Waals surface area contributed by atoms with E-state index in [0.29, 0.717) is 17.4 Å². The van der Waals surface area contributed by atoms with Crippen LogP contribution in [0.1, 0.15) is 26.2 Å². The van der Waals surface area contributed by atoms with Crippen LogP contribution in [0.2, 0.25) is 0 Å². The molecule has 2 amide bonds. The highest BCUT2D eigenvalue weighted by Gasteiger charge is 2.53. The minimum Gasteiger partial charge on any atom is -0.396 e. The van der Waals surface area contributed by atoms with Gasteiger partial charge in [0.2, 0.25) is 11.8 Å². The number of hydrogen-bond acceptors (Lipinski definition) is 4. The van der Waals surface area contributed by atoms with E-state index in [4.69, 9.17) is 5.73 Å². The van der Waals surface area contributed by atoms with Crippen LogP contribution in [0.3, 0.4) is 0 Å². The fourth-order valence-corrected chi connectivity index (χ4v) is 3.27. The molecule has 2 N–H and O–H groups in total. The third-order valence-electron chi connectivity index (χ3n) is 4.34. The molecule has 0 spiro atoms. The number of fused-ring (bicyclic) bond motifs is 1. The Balaban J connectivity index is 1.93. The molecule has 1 saturated heterocycles. The van der Waals surface area contributed by atoms with Gasteiger partial charge >= 0.3 is 0 Å². The summed E-state index contributed by atoms with van der Waals surface area (Å²) in [6.07, 6.45) is 4.21. The quantitative estimate of drug-likeness (QED) is 0.818. The van der Waals surface area contributed by atoms with E-state index >= 15 is 0 Å². The minimum absolute atomic E-state index is 0.128. The number of nitrogen functional groups attached to an aromatic ring is 1. The monoisotopic (exact) mass is 259 g/mol. The van der Waals surface area contributed by atoms with Gasteiger partial charge in [-0.3, -0.25) is 9.59 Å². The third-order valence-corrected chi connectivity index (χ3v) is 4.34. The predicted octanol–water partition coefficient (Wildman–Crippen LogP) is 1.59. The van der Waals surface area contributed by atoms with Crippen molar-refractivity contribution in [2.75, 3.05) is 10.6 Å². The summed E-state index contributed by atoms with van der Waals surface area (Å²) in [6.45, 7) is 2.11. The van der Waals surface area contributed by atoms with Crippen molar-refractivity contribution in [1.29, 1.82) is 0 Å². The van der Waals surface area contributed by atoms with Gasteiger partial charge in [-0.15, -0.1) is 0 Å². The summed E-state index contributed by atoms with van der Waals surface area (Å²) in [4.78, 5) is 30.1. The topological polar surface area (TPSA) is 76.3 Å². The highest BCUT2D eigenvalue weighted by atomic mass is 16.2. The van der Waals surface area contributed by atoms with Crippen molar-refractivity contribution in [3.8, 4) is 0 Å². The summed E-state index contributed by atoms with van der Waals surface area (Å²) >= 11 is 0. The van der Waals surface area contributed by atoms with Gasteiger partial charge in [-0.05, 0) is 30.9 Å². The molecule has 100 valence electrons. The number of carbonyl (C=O) groups is 2. The molecule has 19 heavy (non-hydrogen) atoms.